The summed E-state index contributed by atoms with van der Waals surface area (Å²) < 4.78 is 32.8. The Morgan fingerprint density at radius 2 is 1.71 bits per heavy atom. The number of aliphatic carboxylic acids is 1. The number of hydrogen-bond acceptors (Lipinski definition) is 3. The summed E-state index contributed by atoms with van der Waals surface area (Å²) in [6.07, 6.45) is -1.28. The lowest BCUT2D eigenvalue weighted by Crippen LogP contribution is -2.59. The van der Waals surface area contributed by atoms with Gasteiger partial charge in [-0.1, -0.05) is 11.6 Å². The number of halogens is 4. The van der Waals surface area contributed by atoms with Crippen LogP contribution in [0.4, 0.5) is 24.5 Å². The molecule has 184 valence electrons. The number of nitrogens with zero attached hydrogens (tertiary/aromatic N) is 1. The van der Waals surface area contributed by atoms with Gasteiger partial charge in [-0.2, -0.15) is 13.2 Å². The van der Waals surface area contributed by atoms with E-state index in [0.717, 1.165) is 23.3 Å². The van der Waals surface area contributed by atoms with E-state index >= 15 is 0 Å². The van der Waals surface area contributed by atoms with Crippen molar-refractivity contribution in [3.63, 3.8) is 0 Å². The molecule has 0 aromatic heterocycles. The minimum atomic E-state index is -5.08. The van der Waals surface area contributed by atoms with Gasteiger partial charge in [0.15, 0.2) is 0 Å². The van der Waals surface area contributed by atoms with Gasteiger partial charge >= 0.3 is 12.1 Å². The van der Waals surface area contributed by atoms with E-state index in [1.54, 1.807) is 24.3 Å². The number of amides is 1. The van der Waals surface area contributed by atoms with Gasteiger partial charge in [-0.15, -0.1) is 0 Å². The summed E-state index contributed by atoms with van der Waals surface area (Å²) in [5.74, 6) is -2.87. The highest BCUT2D eigenvalue weighted by molar-refractivity contribution is 6.30. The van der Waals surface area contributed by atoms with Crippen LogP contribution in [0, 0.1) is 0 Å². The molecule has 4 rings (SSSR count). The molecule has 0 aliphatic carbocycles. The summed E-state index contributed by atoms with van der Waals surface area (Å²) >= 11 is 5.90. The SMILES string of the molecule is CC1CCC[N+]1(c1ccc(NC(=O)c2ccc(Cl)cc2)cc1)C1CCNC1.O=C(O)C(F)(F)F. The van der Waals surface area contributed by atoms with Gasteiger partial charge in [-0.05, 0) is 43.3 Å². The number of likely N-dealkylation sites (tertiary alicyclic amines) is 1. The number of rotatable bonds is 4. The van der Waals surface area contributed by atoms with Crippen LogP contribution >= 0.6 is 11.6 Å². The topological polar surface area (TPSA) is 78.4 Å². The lowest BCUT2D eigenvalue weighted by Gasteiger charge is -2.43. The van der Waals surface area contributed by atoms with Crippen molar-refractivity contribution in [3.8, 4) is 0 Å². The zero-order chi connectivity index (χ0) is 24.9. The Hall–Kier alpha value is -2.62. The molecule has 0 saturated carbocycles. The molecule has 3 N–H and O–H groups in total. The molecule has 0 radical (unpaired) electrons. The molecule has 0 bridgehead atoms. The van der Waals surface area contributed by atoms with Crippen LogP contribution in [0.1, 0.15) is 36.5 Å². The Morgan fingerprint density at radius 1 is 1.09 bits per heavy atom. The van der Waals surface area contributed by atoms with Crippen molar-refractivity contribution >= 4 is 34.9 Å². The number of carboxylic acid groups (broad SMARTS) is 1. The maximum Gasteiger partial charge on any atom is 0.490 e. The molecule has 2 aromatic rings. The normalized spacial score (nSPS) is 24.3. The van der Waals surface area contributed by atoms with Gasteiger partial charge in [0.1, 0.15) is 11.7 Å². The van der Waals surface area contributed by atoms with Crippen LogP contribution in [-0.2, 0) is 4.79 Å². The number of benzene rings is 2. The predicted octanol–water partition coefficient (Wildman–Crippen LogP) is 5.08. The second-order valence-corrected chi connectivity index (χ2v) is 9.04. The van der Waals surface area contributed by atoms with Crippen LogP contribution in [0.3, 0.4) is 0 Å². The number of carbonyl (C=O) groups is 2. The van der Waals surface area contributed by atoms with E-state index in [1.807, 2.05) is 12.1 Å². The van der Waals surface area contributed by atoms with Crippen LogP contribution in [0.2, 0.25) is 5.02 Å². The van der Waals surface area contributed by atoms with Gasteiger partial charge in [0.25, 0.3) is 5.91 Å². The lowest BCUT2D eigenvalue weighted by molar-refractivity contribution is -0.192. The first-order chi connectivity index (χ1) is 16.0. The van der Waals surface area contributed by atoms with Crippen LogP contribution in [0.5, 0.6) is 0 Å². The Kier molecular flexibility index (Phi) is 8.22. The molecule has 3 unspecified atom stereocenters. The zero-order valence-corrected chi connectivity index (χ0v) is 19.5. The second kappa shape index (κ2) is 10.8. The number of carbonyl (C=O) groups excluding carboxylic acids is 1. The summed E-state index contributed by atoms with van der Waals surface area (Å²) in [6.45, 7) is 5.82. The highest BCUT2D eigenvalue weighted by Crippen LogP contribution is 2.39. The first-order valence-corrected chi connectivity index (χ1v) is 11.5. The smallest absolute Gasteiger partial charge is 0.475 e. The molecular weight excluding hydrogens is 471 g/mol. The first-order valence-electron chi connectivity index (χ1n) is 11.1. The number of nitrogens with one attached hydrogen (secondary N) is 2. The van der Waals surface area contributed by atoms with Crippen molar-refractivity contribution in [2.45, 2.75) is 44.4 Å². The molecule has 34 heavy (non-hydrogen) atoms. The third-order valence-electron chi connectivity index (χ3n) is 6.58. The summed E-state index contributed by atoms with van der Waals surface area (Å²) in [5.41, 5.74) is 2.81. The predicted molar refractivity (Wildman–Crippen MR) is 126 cm³/mol. The van der Waals surface area contributed by atoms with E-state index in [4.69, 9.17) is 21.5 Å². The molecule has 2 fully saturated rings. The molecule has 10 heteroatoms. The van der Waals surface area contributed by atoms with Crippen molar-refractivity contribution in [1.82, 2.24) is 9.80 Å². The standard InChI is InChI=1S/C22H26ClN3O.C2HF3O2/c1-16-3-2-14-26(16,21-12-13-24-15-21)20-10-8-19(9-11-20)25-22(27)17-4-6-18(23)7-5-17;3-2(4,5)1(6)7/h4-11,16,21,24H,2-3,12-15H2,1H3;(H,6,7)/p+1. The zero-order valence-electron chi connectivity index (χ0n) is 18.7. The Labute approximate surface area is 201 Å². The first kappa shape index (κ1) is 26.0. The molecule has 3 atom stereocenters. The van der Waals surface area contributed by atoms with Crippen LogP contribution in [0.25, 0.3) is 0 Å². The number of anilines is 1. The highest BCUT2D eigenvalue weighted by Gasteiger charge is 2.47. The van der Waals surface area contributed by atoms with E-state index in [-0.39, 0.29) is 5.91 Å². The fraction of sp³-hybridized carbons (Fsp3) is 0.417. The fourth-order valence-electron chi connectivity index (χ4n) is 4.90. The van der Waals surface area contributed by atoms with Gasteiger partial charge in [-0.3, -0.25) is 9.28 Å². The number of hydrogen-bond donors (Lipinski definition) is 3. The third-order valence-corrected chi connectivity index (χ3v) is 6.83. The maximum atomic E-state index is 12.4. The van der Waals surface area contributed by atoms with E-state index in [1.165, 1.54) is 31.5 Å². The van der Waals surface area contributed by atoms with Gasteiger partial charge in [0, 0.05) is 60.8 Å². The fourth-order valence-corrected chi connectivity index (χ4v) is 5.02. The Balaban J connectivity index is 0.000000406. The van der Waals surface area contributed by atoms with E-state index in [9.17, 15) is 18.0 Å². The van der Waals surface area contributed by atoms with Crippen LogP contribution in [0.15, 0.2) is 48.5 Å². The number of carboxylic acids is 1. The highest BCUT2D eigenvalue weighted by atomic mass is 35.5. The molecule has 1 amide bonds. The monoisotopic (exact) mass is 498 g/mol. The van der Waals surface area contributed by atoms with Crippen molar-refractivity contribution in [3.05, 3.63) is 59.1 Å². The van der Waals surface area contributed by atoms with Crippen molar-refractivity contribution in [1.29, 1.82) is 0 Å². The summed E-state index contributed by atoms with van der Waals surface area (Å²) in [5, 5.41) is 14.3. The average Bonchev–Trinajstić information content (AvgIpc) is 3.45. The summed E-state index contributed by atoms with van der Waals surface area (Å²) in [6, 6.07) is 16.7. The Bertz CT molecular complexity index is 993. The minimum Gasteiger partial charge on any atom is -0.475 e. The minimum absolute atomic E-state index is 0.113. The van der Waals surface area contributed by atoms with Crippen molar-refractivity contribution in [2.75, 3.05) is 25.0 Å². The lowest BCUT2D eigenvalue weighted by atomic mass is 10.1. The molecule has 6 nitrogen and oxygen atoms in total. The third kappa shape index (κ3) is 5.89. The second-order valence-electron chi connectivity index (χ2n) is 8.60. The van der Waals surface area contributed by atoms with Gasteiger partial charge < -0.3 is 15.7 Å². The van der Waals surface area contributed by atoms with Crippen LogP contribution in [-0.4, -0.2) is 54.9 Å². The molecule has 2 heterocycles. The summed E-state index contributed by atoms with van der Waals surface area (Å²) in [7, 11) is 0. The molecule has 2 aliphatic heterocycles. The number of quaternary nitrogens is 1. The van der Waals surface area contributed by atoms with E-state index in [0.29, 0.717) is 22.7 Å². The largest absolute Gasteiger partial charge is 0.490 e. The molecular formula is C24H28ClF3N3O3+. The quantitative estimate of drug-likeness (QED) is 0.514. The summed E-state index contributed by atoms with van der Waals surface area (Å²) in [4.78, 5) is 21.3. The van der Waals surface area contributed by atoms with Gasteiger partial charge in [0.2, 0.25) is 0 Å². The molecule has 2 aliphatic rings. The molecule has 2 aromatic carbocycles. The van der Waals surface area contributed by atoms with Crippen molar-refractivity contribution in [2.24, 2.45) is 0 Å². The molecule has 2 saturated heterocycles. The maximum absolute atomic E-state index is 12.4. The van der Waals surface area contributed by atoms with E-state index < -0.39 is 12.1 Å². The van der Waals surface area contributed by atoms with Gasteiger partial charge in [0.05, 0.1) is 12.6 Å². The van der Waals surface area contributed by atoms with Crippen molar-refractivity contribution < 1.29 is 27.9 Å². The molecule has 0 spiro atoms. The number of alkyl halides is 3. The van der Waals surface area contributed by atoms with Gasteiger partial charge in [-0.25, -0.2) is 4.79 Å². The average molecular weight is 499 g/mol. The Morgan fingerprint density at radius 3 is 2.18 bits per heavy atom. The van der Waals surface area contributed by atoms with E-state index in [2.05, 4.69) is 29.7 Å². The van der Waals surface area contributed by atoms with Crippen LogP contribution < -0.4 is 15.1 Å².